The summed E-state index contributed by atoms with van der Waals surface area (Å²) in [5, 5.41) is 19.7. The molecule has 0 spiro atoms. The van der Waals surface area contributed by atoms with Gasteiger partial charge in [-0.3, -0.25) is 14.9 Å². The number of ether oxygens (including phenoxy) is 1. The summed E-state index contributed by atoms with van der Waals surface area (Å²) >= 11 is 5.89. The van der Waals surface area contributed by atoms with E-state index >= 15 is 0 Å². The summed E-state index contributed by atoms with van der Waals surface area (Å²) < 4.78 is 5.00. The Hall–Kier alpha value is -2.93. The Balaban J connectivity index is 2.59. The fourth-order valence-corrected chi connectivity index (χ4v) is 2.17. The zero-order chi connectivity index (χ0) is 17.1. The van der Waals surface area contributed by atoms with E-state index in [1.807, 2.05) is 0 Å². The predicted molar refractivity (Wildman–Crippen MR) is 81.8 cm³/mol. The van der Waals surface area contributed by atoms with Crippen molar-refractivity contribution in [3.63, 3.8) is 0 Å². The molecular formula is C15H10ClNO6. The van der Waals surface area contributed by atoms with Crippen LogP contribution in [0.4, 0.5) is 5.69 Å². The van der Waals surface area contributed by atoms with Crippen LogP contribution in [0.15, 0.2) is 36.4 Å². The molecule has 0 aliphatic carbocycles. The van der Waals surface area contributed by atoms with Crippen LogP contribution in [0.25, 0.3) is 11.1 Å². The smallest absolute Gasteiger partial charge is 0.335 e. The van der Waals surface area contributed by atoms with Gasteiger partial charge in [-0.2, -0.15) is 0 Å². The fraction of sp³-hybridized carbons (Fsp3) is 0.0667. The number of carboxylic acids is 1. The summed E-state index contributed by atoms with van der Waals surface area (Å²) in [7, 11) is 0. The fourth-order valence-electron chi connectivity index (χ4n) is 1.94. The number of carbonyl (C=O) groups excluding carboxylic acids is 1. The lowest BCUT2D eigenvalue weighted by Crippen LogP contribution is -2.04. The van der Waals surface area contributed by atoms with Crippen molar-refractivity contribution in [2.45, 2.75) is 6.92 Å². The van der Waals surface area contributed by atoms with Crippen LogP contribution in [-0.2, 0) is 4.79 Å². The summed E-state index contributed by atoms with van der Waals surface area (Å²) in [6, 6.07) is 8.08. The zero-order valence-corrected chi connectivity index (χ0v) is 12.5. The largest absolute Gasteiger partial charge is 0.478 e. The highest BCUT2D eigenvalue weighted by molar-refractivity contribution is 6.33. The summed E-state index contributed by atoms with van der Waals surface area (Å²) in [6.07, 6.45) is 0. The van der Waals surface area contributed by atoms with Crippen LogP contribution in [0, 0.1) is 10.1 Å². The molecular weight excluding hydrogens is 326 g/mol. The molecule has 1 N–H and O–H groups in total. The molecule has 0 atom stereocenters. The highest BCUT2D eigenvalue weighted by Gasteiger charge is 2.20. The first kappa shape index (κ1) is 16.4. The van der Waals surface area contributed by atoms with E-state index in [9.17, 15) is 19.7 Å². The third kappa shape index (κ3) is 3.64. The standard InChI is InChI=1S/C15H10ClNO6/c1-8(18)23-14-7-13(17(21)22)12(16)6-11(14)9-2-4-10(5-3-9)15(19)20/h2-7H,1H3,(H,19,20). The topological polar surface area (TPSA) is 107 Å². The Morgan fingerprint density at radius 3 is 2.30 bits per heavy atom. The lowest BCUT2D eigenvalue weighted by atomic mass is 10.0. The molecule has 0 fully saturated rings. The molecule has 0 radical (unpaired) electrons. The maximum Gasteiger partial charge on any atom is 0.335 e. The Morgan fingerprint density at radius 2 is 1.83 bits per heavy atom. The van der Waals surface area contributed by atoms with Gasteiger partial charge in [-0.1, -0.05) is 23.7 Å². The van der Waals surface area contributed by atoms with E-state index in [1.165, 1.54) is 30.3 Å². The first-order valence-electron chi connectivity index (χ1n) is 6.29. The number of hydrogen-bond donors (Lipinski definition) is 1. The maximum atomic E-state index is 11.2. The molecule has 0 heterocycles. The number of nitro benzene ring substituents is 1. The Morgan fingerprint density at radius 1 is 1.22 bits per heavy atom. The number of benzene rings is 2. The molecule has 0 aliphatic rings. The van der Waals surface area contributed by atoms with E-state index in [4.69, 9.17) is 21.4 Å². The Kier molecular flexibility index (Phi) is 4.61. The zero-order valence-electron chi connectivity index (χ0n) is 11.8. The van der Waals surface area contributed by atoms with Crippen LogP contribution in [0.1, 0.15) is 17.3 Å². The van der Waals surface area contributed by atoms with Gasteiger partial charge in [0.2, 0.25) is 0 Å². The van der Waals surface area contributed by atoms with Gasteiger partial charge in [0.15, 0.2) is 0 Å². The average Bonchev–Trinajstić information content (AvgIpc) is 2.48. The van der Waals surface area contributed by atoms with Gasteiger partial charge in [0, 0.05) is 12.5 Å². The van der Waals surface area contributed by atoms with Gasteiger partial charge in [-0.25, -0.2) is 4.79 Å². The molecule has 0 aromatic heterocycles. The number of aromatic carboxylic acids is 1. The second kappa shape index (κ2) is 6.45. The van der Waals surface area contributed by atoms with Crippen molar-refractivity contribution >= 4 is 29.2 Å². The predicted octanol–water partition coefficient (Wildman–Crippen LogP) is 3.54. The molecule has 0 saturated carbocycles. The minimum Gasteiger partial charge on any atom is -0.478 e. The number of hydrogen-bond acceptors (Lipinski definition) is 5. The van der Waals surface area contributed by atoms with Crippen LogP contribution in [0.5, 0.6) is 5.75 Å². The quantitative estimate of drug-likeness (QED) is 0.396. The SMILES string of the molecule is CC(=O)Oc1cc([N+](=O)[O-])c(Cl)cc1-c1ccc(C(=O)O)cc1. The van der Waals surface area contributed by atoms with E-state index in [-0.39, 0.29) is 16.3 Å². The van der Waals surface area contributed by atoms with E-state index in [1.54, 1.807) is 0 Å². The summed E-state index contributed by atoms with van der Waals surface area (Å²) in [6.45, 7) is 1.16. The van der Waals surface area contributed by atoms with Gasteiger partial charge in [-0.15, -0.1) is 0 Å². The van der Waals surface area contributed by atoms with Gasteiger partial charge in [0.1, 0.15) is 10.8 Å². The van der Waals surface area contributed by atoms with Crippen molar-refractivity contribution in [2.24, 2.45) is 0 Å². The maximum absolute atomic E-state index is 11.2. The number of carbonyl (C=O) groups is 2. The molecule has 0 saturated heterocycles. The van der Waals surface area contributed by atoms with Gasteiger partial charge < -0.3 is 9.84 Å². The molecule has 2 aromatic carbocycles. The molecule has 0 unspecified atom stereocenters. The second-order valence-electron chi connectivity index (χ2n) is 4.53. The Bertz CT molecular complexity index is 800. The van der Waals surface area contributed by atoms with Crippen LogP contribution in [-0.4, -0.2) is 22.0 Å². The van der Waals surface area contributed by atoms with Crippen molar-refractivity contribution in [1.82, 2.24) is 0 Å². The number of nitro groups is 1. The van der Waals surface area contributed by atoms with Crippen molar-refractivity contribution in [1.29, 1.82) is 0 Å². The third-order valence-electron chi connectivity index (χ3n) is 2.94. The van der Waals surface area contributed by atoms with Crippen LogP contribution < -0.4 is 4.74 Å². The van der Waals surface area contributed by atoms with Gasteiger partial charge in [-0.05, 0) is 23.8 Å². The molecule has 8 heteroatoms. The lowest BCUT2D eigenvalue weighted by Gasteiger charge is -2.10. The summed E-state index contributed by atoms with van der Waals surface area (Å²) in [5.74, 6) is -1.76. The third-order valence-corrected chi connectivity index (χ3v) is 3.24. The van der Waals surface area contributed by atoms with E-state index in [2.05, 4.69) is 0 Å². The second-order valence-corrected chi connectivity index (χ2v) is 4.94. The van der Waals surface area contributed by atoms with E-state index in [0.29, 0.717) is 11.1 Å². The van der Waals surface area contributed by atoms with Crippen LogP contribution in [0.2, 0.25) is 5.02 Å². The highest BCUT2D eigenvalue weighted by atomic mass is 35.5. The average molecular weight is 336 g/mol. The van der Waals surface area contributed by atoms with Crippen LogP contribution >= 0.6 is 11.6 Å². The highest BCUT2D eigenvalue weighted by Crippen LogP contribution is 2.38. The molecule has 23 heavy (non-hydrogen) atoms. The molecule has 0 bridgehead atoms. The van der Waals surface area contributed by atoms with E-state index < -0.39 is 22.5 Å². The minimum absolute atomic E-state index is 0.0309. The molecule has 0 aliphatic heterocycles. The van der Waals surface area contributed by atoms with Crippen molar-refractivity contribution < 1.29 is 24.4 Å². The van der Waals surface area contributed by atoms with Gasteiger partial charge in [0.25, 0.3) is 5.69 Å². The van der Waals surface area contributed by atoms with Gasteiger partial charge in [0.05, 0.1) is 16.6 Å². The normalized spacial score (nSPS) is 10.2. The van der Waals surface area contributed by atoms with Crippen molar-refractivity contribution in [3.05, 3.63) is 57.1 Å². The summed E-state index contributed by atoms with van der Waals surface area (Å²) in [5.41, 5.74) is 0.528. The molecule has 7 nitrogen and oxygen atoms in total. The lowest BCUT2D eigenvalue weighted by molar-refractivity contribution is -0.384. The number of esters is 1. The summed E-state index contributed by atoms with van der Waals surface area (Å²) in [4.78, 5) is 32.3. The number of rotatable bonds is 4. The van der Waals surface area contributed by atoms with Crippen molar-refractivity contribution in [3.8, 4) is 16.9 Å². The Labute approximate surface area is 135 Å². The molecule has 2 rings (SSSR count). The minimum atomic E-state index is -1.08. The monoisotopic (exact) mass is 335 g/mol. The van der Waals surface area contributed by atoms with Gasteiger partial charge >= 0.3 is 11.9 Å². The molecule has 0 amide bonds. The molecule has 2 aromatic rings. The number of halogens is 1. The van der Waals surface area contributed by atoms with E-state index in [0.717, 1.165) is 13.0 Å². The number of nitrogens with zero attached hydrogens (tertiary/aromatic N) is 1. The van der Waals surface area contributed by atoms with Crippen LogP contribution in [0.3, 0.4) is 0 Å². The first-order chi connectivity index (χ1) is 10.8. The number of carboxylic acid groups (broad SMARTS) is 1. The molecule has 118 valence electrons. The first-order valence-corrected chi connectivity index (χ1v) is 6.67. The van der Waals surface area contributed by atoms with Crippen molar-refractivity contribution in [2.75, 3.05) is 0 Å².